The van der Waals surface area contributed by atoms with Crippen LogP contribution in [-0.4, -0.2) is 17.9 Å². The second-order valence-corrected chi connectivity index (χ2v) is 4.92. The lowest BCUT2D eigenvalue weighted by atomic mass is 10.1. The lowest BCUT2D eigenvalue weighted by Gasteiger charge is -2.07. The molecular weight excluding hydrogens is 262 g/mol. The first-order valence-electron chi connectivity index (χ1n) is 6.74. The van der Waals surface area contributed by atoms with Gasteiger partial charge in [0, 0.05) is 5.39 Å². The number of methoxy groups -OCH3 is 1. The highest BCUT2D eigenvalue weighted by Gasteiger charge is 2.15. The number of hydrogen-bond donors (Lipinski definition) is 0. The Balaban J connectivity index is 2.07. The number of aryl methyl sites for hydroxylation is 1. The number of aromatic nitrogens is 1. The van der Waals surface area contributed by atoms with Gasteiger partial charge in [0.2, 0.25) is 5.78 Å². The second-order valence-electron chi connectivity index (χ2n) is 4.92. The largest absolute Gasteiger partial charge is 0.496 e. The monoisotopic (exact) mass is 277 g/mol. The summed E-state index contributed by atoms with van der Waals surface area (Å²) in [5.41, 5.74) is 2.95. The zero-order valence-corrected chi connectivity index (χ0v) is 12.0. The molecule has 0 amide bonds. The Morgan fingerprint density at radius 3 is 2.67 bits per heavy atom. The number of rotatable bonds is 3. The van der Waals surface area contributed by atoms with E-state index in [0.29, 0.717) is 17.0 Å². The van der Waals surface area contributed by atoms with Gasteiger partial charge >= 0.3 is 0 Å². The fourth-order valence-corrected chi connectivity index (χ4v) is 2.34. The smallest absolute Gasteiger partial charge is 0.215 e. The van der Waals surface area contributed by atoms with Crippen molar-refractivity contribution in [2.24, 2.45) is 0 Å². The van der Waals surface area contributed by atoms with Crippen molar-refractivity contribution in [2.45, 2.75) is 6.92 Å². The van der Waals surface area contributed by atoms with Crippen LogP contribution in [0.25, 0.3) is 10.9 Å². The van der Waals surface area contributed by atoms with E-state index < -0.39 is 0 Å². The number of ether oxygens (including phenoxy) is 1. The molecule has 0 radical (unpaired) electrons. The number of nitrogens with zero attached hydrogens (tertiary/aromatic N) is 1. The van der Waals surface area contributed by atoms with E-state index in [4.69, 9.17) is 4.74 Å². The van der Waals surface area contributed by atoms with Gasteiger partial charge in [0.05, 0.1) is 18.2 Å². The molecule has 0 aliphatic heterocycles. The van der Waals surface area contributed by atoms with Crippen LogP contribution < -0.4 is 4.74 Å². The van der Waals surface area contributed by atoms with Crippen LogP contribution in [0.2, 0.25) is 0 Å². The molecule has 1 heterocycles. The summed E-state index contributed by atoms with van der Waals surface area (Å²) in [5.74, 6) is 0.434. The first-order valence-corrected chi connectivity index (χ1v) is 6.74. The first-order chi connectivity index (χ1) is 10.2. The van der Waals surface area contributed by atoms with Crippen molar-refractivity contribution in [3.8, 4) is 5.75 Å². The number of ketones is 1. The van der Waals surface area contributed by atoms with E-state index in [2.05, 4.69) is 11.1 Å². The Morgan fingerprint density at radius 1 is 1.05 bits per heavy atom. The van der Waals surface area contributed by atoms with Crippen LogP contribution >= 0.6 is 0 Å². The number of pyridine rings is 1. The third kappa shape index (κ3) is 2.50. The van der Waals surface area contributed by atoms with Crippen LogP contribution in [0.3, 0.4) is 0 Å². The Kier molecular flexibility index (Phi) is 3.40. The molecule has 0 atom stereocenters. The maximum Gasteiger partial charge on any atom is 0.215 e. The molecule has 0 N–H and O–H groups in total. The third-order valence-corrected chi connectivity index (χ3v) is 3.43. The molecule has 1 aromatic heterocycles. The van der Waals surface area contributed by atoms with E-state index in [1.54, 1.807) is 25.3 Å². The van der Waals surface area contributed by atoms with Gasteiger partial charge in [0.25, 0.3) is 0 Å². The average Bonchev–Trinajstić information content (AvgIpc) is 2.53. The van der Waals surface area contributed by atoms with Crippen molar-refractivity contribution in [3.63, 3.8) is 0 Å². The van der Waals surface area contributed by atoms with E-state index in [1.165, 1.54) is 5.56 Å². The van der Waals surface area contributed by atoms with Crippen molar-refractivity contribution >= 4 is 16.7 Å². The van der Waals surface area contributed by atoms with Crippen molar-refractivity contribution in [1.82, 2.24) is 4.98 Å². The number of fused-ring (bicyclic) bond motifs is 1. The predicted molar refractivity (Wildman–Crippen MR) is 82.9 cm³/mol. The summed E-state index contributed by atoms with van der Waals surface area (Å²) < 4.78 is 5.24. The molecular formula is C18H15NO2. The van der Waals surface area contributed by atoms with E-state index in [-0.39, 0.29) is 5.78 Å². The Bertz CT molecular complexity index is 824. The lowest BCUT2D eigenvalue weighted by Crippen LogP contribution is -2.06. The number of carbonyl (C=O) groups excluding carboxylic acids is 1. The average molecular weight is 277 g/mol. The molecule has 0 saturated carbocycles. The third-order valence-electron chi connectivity index (χ3n) is 3.43. The van der Waals surface area contributed by atoms with Crippen molar-refractivity contribution in [2.75, 3.05) is 7.11 Å². The molecule has 2 aromatic carbocycles. The maximum atomic E-state index is 12.6. The lowest BCUT2D eigenvalue weighted by molar-refractivity contribution is 0.103. The van der Waals surface area contributed by atoms with Crippen LogP contribution in [0, 0.1) is 6.92 Å². The molecule has 104 valence electrons. The summed E-state index contributed by atoms with van der Waals surface area (Å²) in [6.45, 7) is 2.04. The fourth-order valence-electron chi connectivity index (χ4n) is 2.34. The molecule has 21 heavy (non-hydrogen) atoms. The summed E-state index contributed by atoms with van der Waals surface area (Å²) in [5, 5.41) is 1.03. The Hall–Kier alpha value is -2.68. The predicted octanol–water partition coefficient (Wildman–Crippen LogP) is 3.78. The minimum absolute atomic E-state index is 0.130. The molecule has 0 spiro atoms. The zero-order valence-electron chi connectivity index (χ0n) is 12.0. The van der Waals surface area contributed by atoms with Gasteiger partial charge in [-0.3, -0.25) is 4.79 Å². The molecule has 3 aromatic rings. The minimum Gasteiger partial charge on any atom is -0.496 e. The SMILES string of the molecule is COc1ccccc1C(=O)c1ccc2cc(C)ccc2n1. The van der Waals surface area contributed by atoms with Gasteiger partial charge in [-0.1, -0.05) is 29.8 Å². The van der Waals surface area contributed by atoms with Gasteiger partial charge in [0.15, 0.2) is 0 Å². The highest BCUT2D eigenvalue weighted by atomic mass is 16.5. The summed E-state index contributed by atoms with van der Waals surface area (Å²) in [4.78, 5) is 17.1. The number of carbonyl (C=O) groups is 1. The molecule has 0 unspecified atom stereocenters. The van der Waals surface area contributed by atoms with E-state index >= 15 is 0 Å². The topological polar surface area (TPSA) is 39.2 Å². The highest BCUT2D eigenvalue weighted by Crippen LogP contribution is 2.22. The van der Waals surface area contributed by atoms with E-state index in [0.717, 1.165) is 10.9 Å². The molecule has 0 aliphatic rings. The Labute approximate surface area is 123 Å². The van der Waals surface area contributed by atoms with Gasteiger partial charge in [-0.2, -0.15) is 0 Å². The summed E-state index contributed by atoms with van der Waals surface area (Å²) in [6, 6.07) is 16.9. The van der Waals surface area contributed by atoms with Crippen LogP contribution in [0.5, 0.6) is 5.75 Å². The Morgan fingerprint density at radius 2 is 1.86 bits per heavy atom. The standard InChI is InChI=1S/C18H15NO2/c1-12-7-9-15-13(11-12)8-10-16(19-15)18(20)14-5-3-4-6-17(14)21-2/h3-11H,1-2H3. The fraction of sp³-hybridized carbons (Fsp3) is 0.111. The number of para-hydroxylation sites is 1. The van der Waals surface area contributed by atoms with E-state index in [9.17, 15) is 4.79 Å². The normalized spacial score (nSPS) is 10.6. The molecule has 3 rings (SSSR count). The van der Waals surface area contributed by atoms with Crippen molar-refractivity contribution < 1.29 is 9.53 Å². The summed E-state index contributed by atoms with van der Waals surface area (Å²) in [6.07, 6.45) is 0. The van der Waals surface area contributed by atoms with Crippen molar-refractivity contribution in [3.05, 3.63) is 71.4 Å². The van der Waals surface area contributed by atoms with Gasteiger partial charge < -0.3 is 4.74 Å². The molecule has 3 nitrogen and oxygen atoms in total. The molecule has 0 fully saturated rings. The van der Waals surface area contributed by atoms with Gasteiger partial charge in [0.1, 0.15) is 11.4 Å². The van der Waals surface area contributed by atoms with Crippen LogP contribution in [0.4, 0.5) is 0 Å². The van der Waals surface area contributed by atoms with Gasteiger partial charge in [-0.05, 0) is 37.3 Å². The number of benzene rings is 2. The van der Waals surface area contributed by atoms with Crippen LogP contribution in [0.1, 0.15) is 21.6 Å². The quantitative estimate of drug-likeness (QED) is 0.684. The molecule has 0 bridgehead atoms. The molecule has 0 aliphatic carbocycles. The molecule has 3 heteroatoms. The number of hydrogen-bond acceptors (Lipinski definition) is 3. The minimum atomic E-state index is -0.130. The highest BCUT2D eigenvalue weighted by molar-refractivity contribution is 6.10. The van der Waals surface area contributed by atoms with Crippen LogP contribution in [-0.2, 0) is 0 Å². The summed E-state index contributed by atoms with van der Waals surface area (Å²) in [7, 11) is 1.56. The molecule has 0 saturated heterocycles. The van der Waals surface area contributed by atoms with Crippen molar-refractivity contribution in [1.29, 1.82) is 0 Å². The van der Waals surface area contributed by atoms with Gasteiger partial charge in [-0.25, -0.2) is 4.98 Å². The van der Waals surface area contributed by atoms with Gasteiger partial charge in [-0.15, -0.1) is 0 Å². The maximum absolute atomic E-state index is 12.6. The zero-order chi connectivity index (χ0) is 14.8. The van der Waals surface area contributed by atoms with Crippen LogP contribution in [0.15, 0.2) is 54.6 Å². The van der Waals surface area contributed by atoms with E-state index in [1.807, 2.05) is 37.3 Å². The second kappa shape index (κ2) is 5.37. The first kappa shape index (κ1) is 13.3. The summed E-state index contributed by atoms with van der Waals surface area (Å²) >= 11 is 0.